The van der Waals surface area contributed by atoms with Crippen LogP contribution >= 0.6 is 0 Å². The third-order valence-corrected chi connectivity index (χ3v) is 1.63. The number of aliphatic hydroxyl groups is 1. The van der Waals surface area contributed by atoms with Gasteiger partial charge in [0.05, 0.1) is 6.61 Å². The number of nitrogens with two attached hydrogens (primary N) is 1. The molecule has 76 valence electrons. The summed E-state index contributed by atoms with van der Waals surface area (Å²) < 4.78 is 0. The number of primary amides is 1. The summed E-state index contributed by atoms with van der Waals surface area (Å²) in [6.45, 7) is 3.35. The quantitative estimate of drug-likeness (QED) is 0.516. The molecule has 0 radical (unpaired) electrons. The van der Waals surface area contributed by atoms with Gasteiger partial charge in [-0.25, -0.2) is 0 Å². The second-order valence-electron chi connectivity index (χ2n) is 3.17. The Hall–Kier alpha value is -1.10. The summed E-state index contributed by atoms with van der Waals surface area (Å²) >= 11 is 0. The SMILES string of the molecule is CC(C)[C@H](NC(=O)CCO)C(N)=O. The highest BCUT2D eigenvalue weighted by Gasteiger charge is 2.20. The van der Waals surface area contributed by atoms with Crippen molar-refractivity contribution in [2.45, 2.75) is 26.3 Å². The van der Waals surface area contributed by atoms with E-state index in [0.29, 0.717) is 0 Å². The van der Waals surface area contributed by atoms with E-state index in [1.54, 1.807) is 13.8 Å². The summed E-state index contributed by atoms with van der Waals surface area (Å²) in [7, 11) is 0. The molecule has 2 amide bonds. The Labute approximate surface area is 77.3 Å². The van der Waals surface area contributed by atoms with E-state index in [2.05, 4.69) is 5.32 Å². The van der Waals surface area contributed by atoms with Crippen molar-refractivity contribution in [3.05, 3.63) is 0 Å². The van der Waals surface area contributed by atoms with Crippen molar-refractivity contribution in [3.63, 3.8) is 0 Å². The first kappa shape index (κ1) is 11.9. The van der Waals surface area contributed by atoms with E-state index in [4.69, 9.17) is 10.8 Å². The fraction of sp³-hybridized carbons (Fsp3) is 0.750. The lowest BCUT2D eigenvalue weighted by molar-refractivity contribution is -0.128. The molecule has 13 heavy (non-hydrogen) atoms. The summed E-state index contributed by atoms with van der Waals surface area (Å²) in [5, 5.41) is 10.9. The van der Waals surface area contributed by atoms with Crippen LogP contribution in [0.5, 0.6) is 0 Å². The smallest absolute Gasteiger partial charge is 0.240 e. The van der Waals surface area contributed by atoms with Crippen molar-refractivity contribution in [1.82, 2.24) is 5.32 Å². The van der Waals surface area contributed by atoms with E-state index in [1.165, 1.54) is 0 Å². The molecule has 0 bridgehead atoms. The zero-order chi connectivity index (χ0) is 10.4. The van der Waals surface area contributed by atoms with Crippen molar-refractivity contribution in [2.75, 3.05) is 6.61 Å². The number of rotatable bonds is 5. The maximum atomic E-state index is 11.0. The minimum atomic E-state index is -0.654. The molecule has 0 unspecified atom stereocenters. The Balaban J connectivity index is 4.10. The van der Waals surface area contributed by atoms with E-state index in [1.807, 2.05) is 0 Å². The van der Waals surface area contributed by atoms with Crippen molar-refractivity contribution in [1.29, 1.82) is 0 Å². The fourth-order valence-electron chi connectivity index (χ4n) is 0.913. The van der Waals surface area contributed by atoms with Gasteiger partial charge in [-0.2, -0.15) is 0 Å². The highest BCUT2D eigenvalue weighted by Crippen LogP contribution is 2.00. The number of carbonyl (C=O) groups is 2. The largest absolute Gasteiger partial charge is 0.396 e. The molecule has 0 aliphatic carbocycles. The predicted octanol–water partition coefficient (Wildman–Crippen LogP) is -1.01. The van der Waals surface area contributed by atoms with Gasteiger partial charge >= 0.3 is 0 Å². The van der Waals surface area contributed by atoms with Crippen LogP contribution < -0.4 is 11.1 Å². The molecule has 0 aromatic heterocycles. The second kappa shape index (κ2) is 5.53. The first-order valence-corrected chi connectivity index (χ1v) is 4.18. The predicted molar refractivity (Wildman–Crippen MR) is 47.7 cm³/mol. The Morgan fingerprint density at radius 3 is 2.31 bits per heavy atom. The van der Waals surface area contributed by atoms with Gasteiger partial charge in [0.15, 0.2) is 0 Å². The minimum absolute atomic E-state index is 0.00347. The number of nitrogens with one attached hydrogen (secondary N) is 1. The summed E-state index contributed by atoms with van der Waals surface area (Å²) in [6.07, 6.45) is -0.00347. The van der Waals surface area contributed by atoms with Crippen LogP contribution in [-0.2, 0) is 9.59 Å². The van der Waals surface area contributed by atoms with E-state index in [0.717, 1.165) is 0 Å². The van der Waals surface area contributed by atoms with Crippen molar-refractivity contribution >= 4 is 11.8 Å². The molecule has 0 spiro atoms. The van der Waals surface area contributed by atoms with E-state index in [-0.39, 0.29) is 24.9 Å². The highest BCUT2D eigenvalue weighted by molar-refractivity contribution is 5.86. The van der Waals surface area contributed by atoms with Crippen LogP contribution in [0.15, 0.2) is 0 Å². The Morgan fingerprint density at radius 2 is 2.00 bits per heavy atom. The van der Waals surface area contributed by atoms with Crippen molar-refractivity contribution < 1.29 is 14.7 Å². The highest BCUT2D eigenvalue weighted by atomic mass is 16.3. The summed E-state index contributed by atoms with van der Waals surface area (Å²) in [5.74, 6) is -0.957. The normalized spacial score (nSPS) is 12.6. The van der Waals surface area contributed by atoms with Gasteiger partial charge in [0, 0.05) is 6.42 Å². The molecule has 0 fully saturated rings. The second-order valence-corrected chi connectivity index (χ2v) is 3.17. The Bertz CT molecular complexity index is 192. The zero-order valence-corrected chi connectivity index (χ0v) is 7.91. The summed E-state index contributed by atoms with van der Waals surface area (Å²) in [4.78, 5) is 21.8. The Kier molecular flexibility index (Phi) is 5.06. The minimum Gasteiger partial charge on any atom is -0.396 e. The molecule has 5 heteroatoms. The average molecular weight is 188 g/mol. The number of hydrogen-bond acceptors (Lipinski definition) is 3. The van der Waals surface area contributed by atoms with E-state index >= 15 is 0 Å². The van der Waals surface area contributed by atoms with Gasteiger partial charge in [-0.1, -0.05) is 13.8 Å². The number of hydrogen-bond donors (Lipinski definition) is 3. The van der Waals surface area contributed by atoms with Crippen LogP contribution in [0.1, 0.15) is 20.3 Å². The monoisotopic (exact) mass is 188 g/mol. The lowest BCUT2D eigenvalue weighted by Crippen LogP contribution is -2.47. The summed E-state index contributed by atoms with van der Waals surface area (Å²) in [6, 6.07) is -0.654. The third-order valence-electron chi connectivity index (χ3n) is 1.63. The van der Waals surface area contributed by atoms with Crippen LogP contribution in [0, 0.1) is 5.92 Å². The van der Waals surface area contributed by atoms with E-state index < -0.39 is 11.9 Å². The Morgan fingerprint density at radius 1 is 1.46 bits per heavy atom. The maximum Gasteiger partial charge on any atom is 0.240 e. The molecular formula is C8H16N2O3. The topological polar surface area (TPSA) is 92.4 Å². The van der Waals surface area contributed by atoms with Crippen LogP contribution in [0.4, 0.5) is 0 Å². The molecule has 1 atom stereocenters. The molecule has 0 rings (SSSR count). The zero-order valence-electron chi connectivity index (χ0n) is 7.91. The third kappa shape index (κ3) is 4.47. The molecule has 0 saturated heterocycles. The average Bonchev–Trinajstić information content (AvgIpc) is 1.99. The van der Waals surface area contributed by atoms with Crippen LogP contribution in [0.25, 0.3) is 0 Å². The first-order valence-electron chi connectivity index (χ1n) is 4.18. The van der Waals surface area contributed by atoms with Crippen LogP contribution in [0.3, 0.4) is 0 Å². The lowest BCUT2D eigenvalue weighted by atomic mass is 10.0. The fourth-order valence-corrected chi connectivity index (χ4v) is 0.913. The van der Waals surface area contributed by atoms with Gasteiger partial charge in [-0.3, -0.25) is 9.59 Å². The van der Waals surface area contributed by atoms with Crippen LogP contribution in [0.2, 0.25) is 0 Å². The lowest BCUT2D eigenvalue weighted by Gasteiger charge is -2.18. The standard InChI is InChI=1S/C8H16N2O3/c1-5(2)7(8(9)13)10-6(12)3-4-11/h5,7,11H,3-4H2,1-2H3,(H2,9,13)(H,10,12)/t7-/m0/s1. The van der Waals surface area contributed by atoms with Gasteiger partial charge in [-0.05, 0) is 5.92 Å². The van der Waals surface area contributed by atoms with Crippen LogP contribution in [-0.4, -0.2) is 29.6 Å². The van der Waals surface area contributed by atoms with Gasteiger partial charge < -0.3 is 16.2 Å². The molecule has 5 nitrogen and oxygen atoms in total. The number of carbonyl (C=O) groups excluding carboxylic acids is 2. The number of amides is 2. The van der Waals surface area contributed by atoms with Gasteiger partial charge in [0.2, 0.25) is 11.8 Å². The van der Waals surface area contributed by atoms with Gasteiger partial charge in [0.25, 0.3) is 0 Å². The first-order chi connectivity index (χ1) is 5.99. The molecule has 0 aromatic rings. The van der Waals surface area contributed by atoms with Gasteiger partial charge in [0.1, 0.15) is 6.04 Å². The van der Waals surface area contributed by atoms with Gasteiger partial charge in [-0.15, -0.1) is 0 Å². The molecule has 0 saturated carbocycles. The number of aliphatic hydroxyl groups excluding tert-OH is 1. The summed E-state index contributed by atoms with van der Waals surface area (Å²) in [5.41, 5.74) is 5.07. The molecular weight excluding hydrogens is 172 g/mol. The molecule has 0 aliphatic heterocycles. The van der Waals surface area contributed by atoms with Crippen molar-refractivity contribution in [2.24, 2.45) is 11.7 Å². The molecule has 4 N–H and O–H groups in total. The molecule has 0 aliphatic rings. The molecule has 0 aromatic carbocycles. The van der Waals surface area contributed by atoms with Crippen molar-refractivity contribution in [3.8, 4) is 0 Å². The molecule has 0 heterocycles. The maximum absolute atomic E-state index is 11.0. The van der Waals surface area contributed by atoms with E-state index in [9.17, 15) is 9.59 Å².